The zero-order valence-corrected chi connectivity index (χ0v) is 17.9. The van der Waals surface area contributed by atoms with Gasteiger partial charge >= 0.3 is 0 Å². The maximum atomic E-state index is 14.1. The largest absolute Gasteiger partial charge is 0.395 e. The zero-order chi connectivity index (χ0) is 23.5. The first-order valence-electron chi connectivity index (χ1n) is 10.6. The number of halogens is 3. The van der Waals surface area contributed by atoms with Crippen LogP contribution in [0.4, 0.5) is 19.1 Å². The van der Waals surface area contributed by atoms with Crippen LogP contribution >= 0.6 is 0 Å². The molecule has 0 saturated carbocycles. The Morgan fingerprint density at radius 3 is 2.79 bits per heavy atom. The molecule has 33 heavy (non-hydrogen) atoms. The zero-order valence-electron chi connectivity index (χ0n) is 17.9. The lowest BCUT2D eigenvalue weighted by Crippen LogP contribution is -2.50. The average Bonchev–Trinajstić information content (AvgIpc) is 3.13. The van der Waals surface area contributed by atoms with Gasteiger partial charge in [-0.3, -0.25) is 9.78 Å². The molecule has 1 aliphatic heterocycles. The molecule has 3 aromatic rings. The van der Waals surface area contributed by atoms with Crippen LogP contribution in [0.25, 0.3) is 11.0 Å². The molecule has 176 valence electrons. The van der Waals surface area contributed by atoms with E-state index in [0.29, 0.717) is 6.54 Å². The fourth-order valence-electron chi connectivity index (χ4n) is 4.00. The quantitative estimate of drug-likeness (QED) is 0.553. The molecule has 3 N–H and O–H groups in total. The highest BCUT2D eigenvalue weighted by Gasteiger charge is 2.30. The number of pyridine rings is 1. The van der Waals surface area contributed by atoms with Gasteiger partial charge in [-0.15, -0.1) is 0 Å². The van der Waals surface area contributed by atoms with Gasteiger partial charge in [-0.25, -0.2) is 18.2 Å². The molecule has 1 aromatic carbocycles. The van der Waals surface area contributed by atoms with Crippen LogP contribution in [-0.4, -0.2) is 68.9 Å². The van der Waals surface area contributed by atoms with Crippen LogP contribution in [0.2, 0.25) is 0 Å². The van der Waals surface area contributed by atoms with Crippen LogP contribution in [0, 0.1) is 11.6 Å². The summed E-state index contributed by atoms with van der Waals surface area (Å²) in [5.74, 6) is -2.19. The van der Waals surface area contributed by atoms with E-state index in [0.717, 1.165) is 17.7 Å². The minimum Gasteiger partial charge on any atom is -0.395 e. The number of aromatic nitrogens is 3. The number of nitrogens with two attached hydrogens (primary N) is 1. The van der Waals surface area contributed by atoms with E-state index in [1.165, 1.54) is 9.47 Å². The highest BCUT2D eigenvalue weighted by molar-refractivity contribution is 5.83. The Morgan fingerprint density at radius 2 is 2.09 bits per heavy atom. The molecule has 1 amide bonds. The van der Waals surface area contributed by atoms with Crippen LogP contribution in [-0.2, 0) is 17.9 Å². The van der Waals surface area contributed by atoms with E-state index in [1.807, 2.05) is 6.07 Å². The third kappa shape index (κ3) is 4.93. The molecule has 1 aliphatic rings. The average molecular weight is 462 g/mol. The molecule has 3 heterocycles. The van der Waals surface area contributed by atoms with Gasteiger partial charge in [0.1, 0.15) is 12.7 Å². The second-order valence-corrected chi connectivity index (χ2v) is 8.07. The lowest BCUT2D eigenvalue weighted by molar-refractivity contribution is -0.132. The van der Waals surface area contributed by atoms with Crippen molar-refractivity contribution in [2.45, 2.75) is 31.7 Å². The number of fused-ring (bicyclic) bond motifs is 1. The van der Waals surface area contributed by atoms with Crippen LogP contribution < -0.4 is 10.6 Å². The number of carbonyl (C=O) groups excluding carboxylic acids is 1. The molecule has 0 bridgehead atoms. The summed E-state index contributed by atoms with van der Waals surface area (Å²) >= 11 is 0. The van der Waals surface area contributed by atoms with Gasteiger partial charge in [0.25, 0.3) is 0 Å². The second-order valence-electron chi connectivity index (χ2n) is 8.07. The predicted molar refractivity (Wildman–Crippen MR) is 116 cm³/mol. The Morgan fingerprint density at radius 1 is 1.30 bits per heavy atom. The SMILES string of the molecule is N[C@@H]1CN(c2nc3cc(F)c(F)cc3n2CC(=O)N(CCO)Cc2cccnc2)CC[C@H]1F. The fraction of sp³-hybridized carbons (Fsp3) is 0.409. The Labute approximate surface area is 188 Å². The molecule has 2 atom stereocenters. The normalized spacial score (nSPS) is 18.6. The summed E-state index contributed by atoms with van der Waals surface area (Å²) in [4.78, 5) is 24.9. The number of benzene rings is 1. The highest BCUT2D eigenvalue weighted by atomic mass is 19.2. The lowest BCUT2D eigenvalue weighted by atomic mass is 10.1. The van der Waals surface area contributed by atoms with Crippen molar-refractivity contribution in [1.82, 2.24) is 19.4 Å². The van der Waals surface area contributed by atoms with Gasteiger partial charge in [0.2, 0.25) is 11.9 Å². The van der Waals surface area contributed by atoms with Crippen molar-refractivity contribution in [2.75, 3.05) is 31.1 Å². The Kier molecular flexibility index (Phi) is 6.80. The van der Waals surface area contributed by atoms with Gasteiger partial charge in [0.05, 0.1) is 23.7 Å². The van der Waals surface area contributed by atoms with Crippen molar-refractivity contribution in [3.05, 3.63) is 53.9 Å². The molecular weight excluding hydrogens is 437 g/mol. The van der Waals surface area contributed by atoms with Gasteiger partial charge in [-0.2, -0.15) is 0 Å². The van der Waals surface area contributed by atoms with Crippen molar-refractivity contribution >= 4 is 22.9 Å². The van der Waals surface area contributed by atoms with Crippen LogP contribution in [0.1, 0.15) is 12.0 Å². The van der Waals surface area contributed by atoms with E-state index in [2.05, 4.69) is 9.97 Å². The summed E-state index contributed by atoms with van der Waals surface area (Å²) in [5, 5.41) is 9.46. The van der Waals surface area contributed by atoms with Gasteiger partial charge in [0.15, 0.2) is 11.6 Å². The number of anilines is 1. The Hall–Kier alpha value is -3.18. The second kappa shape index (κ2) is 9.75. The van der Waals surface area contributed by atoms with E-state index in [1.54, 1.807) is 23.4 Å². The molecular formula is C22H25F3N6O2. The van der Waals surface area contributed by atoms with E-state index in [-0.39, 0.29) is 62.1 Å². The van der Waals surface area contributed by atoms with Gasteiger partial charge in [0, 0.05) is 50.7 Å². The van der Waals surface area contributed by atoms with Crippen molar-refractivity contribution in [3.8, 4) is 0 Å². The maximum Gasteiger partial charge on any atom is 0.243 e. The van der Waals surface area contributed by atoms with Crippen LogP contribution in [0.5, 0.6) is 0 Å². The fourth-order valence-corrected chi connectivity index (χ4v) is 4.00. The number of aliphatic hydroxyl groups excluding tert-OH is 1. The molecule has 0 aliphatic carbocycles. The number of rotatable bonds is 7. The summed E-state index contributed by atoms with van der Waals surface area (Å²) in [6, 6.07) is 4.77. The summed E-state index contributed by atoms with van der Waals surface area (Å²) in [7, 11) is 0. The molecule has 1 saturated heterocycles. The first-order chi connectivity index (χ1) is 15.9. The van der Waals surface area contributed by atoms with Gasteiger partial charge in [-0.05, 0) is 18.1 Å². The highest BCUT2D eigenvalue weighted by Crippen LogP contribution is 2.28. The summed E-state index contributed by atoms with van der Waals surface area (Å²) in [6.07, 6.45) is 2.26. The molecule has 8 nitrogen and oxygen atoms in total. The number of hydrogen-bond acceptors (Lipinski definition) is 6. The van der Waals surface area contributed by atoms with E-state index in [9.17, 15) is 23.1 Å². The summed E-state index contributed by atoms with van der Waals surface area (Å²) in [5.41, 5.74) is 7.08. The third-order valence-electron chi connectivity index (χ3n) is 5.74. The molecule has 0 radical (unpaired) electrons. The smallest absolute Gasteiger partial charge is 0.243 e. The topological polar surface area (TPSA) is 101 Å². The Bertz CT molecular complexity index is 1130. The Balaban J connectivity index is 1.68. The predicted octanol–water partition coefficient (Wildman–Crippen LogP) is 1.61. The number of piperidine rings is 1. The first-order valence-corrected chi connectivity index (χ1v) is 10.6. The standard InChI is InChI=1S/C22H25F3N6O2/c23-15-3-5-30(12-18(15)26)22-28-19-8-16(24)17(25)9-20(19)31(22)13-21(33)29(6-7-32)11-14-2-1-4-27-10-14/h1-2,4,8-10,15,18,32H,3,5-7,11-13,26H2/t15-,18-/m1/s1. The number of carbonyl (C=O) groups is 1. The summed E-state index contributed by atoms with van der Waals surface area (Å²) in [6.45, 7) is 0.268. The lowest BCUT2D eigenvalue weighted by Gasteiger charge is -2.34. The van der Waals surface area contributed by atoms with Crippen molar-refractivity contribution < 1.29 is 23.1 Å². The number of alkyl halides is 1. The number of hydrogen-bond donors (Lipinski definition) is 2. The van der Waals surface area contributed by atoms with Gasteiger partial charge in [-0.1, -0.05) is 6.07 Å². The number of imidazole rings is 1. The van der Waals surface area contributed by atoms with Gasteiger partial charge < -0.3 is 25.2 Å². The monoisotopic (exact) mass is 462 g/mol. The van der Waals surface area contributed by atoms with E-state index < -0.39 is 23.8 Å². The molecule has 4 rings (SSSR count). The van der Waals surface area contributed by atoms with Crippen molar-refractivity contribution in [1.29, 1.82) is 0 Å². The van der Waals surface area contributed by atoms with Crippen molar-refractivity contribution in [3.63, 3.8) is 0 Å². The third-order valence-corrected chi connectivity index (χ3v) is 5.74. The van der Waals surface area contributed by atoms with Crippen LogP contribution in [0.3, 0.4) is 0 Å². The molecule has 0 unspecified atom stereocenters. The minimum atomic E-state index is -1.16. The first kappa shape index (κ1) is 23.0. The summed E-state index contributed by atoms with van der Waals surface area (Å²) < 4.78 is 43.3. The molecule has 2 aromatic heterocycles. The molecule has 1 fully saturated rings. The van der Waals surface area contributed by atoms with E-state index in [4.69, 9.17) is 5.73 Å². The molecule has 0 spiro atoms. The molecule has 11 heteroatoms. The van der Waals surface area contributed by atoms with Crippen molar-refractivity contribution in [2.24, 2.45) is 5.73 Å². The number of nitrogens with zero attached hydrogens (tertiary/aromatic N) is 5. The van der Waals surface area contributed by atoms with Crippen LogP contribution in [0.15, 0.2) is 36.7 Å². The number of aliphatic hydroxyl groups is 1. The maximum absolute atomic E-state index is 14.1. The number of amides is 1. The minimum absolute atomic E-state index is 0.0802. The van der Waals surface area contributed by atoms with E-state index >= 15 is 0 Å².